The smallest absolute Gasteiger partial charge is 0.318 e. The average molecular weight is 449 g/mol. The number of aromatic nitrogens is 1. The second-order valence-corrected chi connectivity index (χ2v) is 9.78. The van der Waals surface area contributed by atoms with Crippen LogP contribution in [0.5, 0.6) is 0 Å². The monoisotopic (exact) mass is 448 g/mol. The van der Waals surface area contributed by atoms with Crippen LogP contribution in [-0.4, -0.2) is 46.6 Å². The van der Waals surface area contributed by atoms with Gasteiger partial charge in [-0.2, -0.15) is 0 Å². The first kappa shape index (κ1) is 21.7. The van der Waals surface area contributed by atoms with Gasteiger partial charge < -0.3 is 20.1 Å². The highest BCUT2D eigenvalue weighted by Gasteiger charge is 2.37. The predicted molar refractivity (Wildman–Crippen MR) is 126 cm³/mol. The molecule has 3 atom stereocenters. The molecule has 1 saturated carbocycles. The fourth-order valence-electron chi connectivity index (χ4n) is 5.73. The molecule has 7 heteroatoms. The van der Waals surface area contributed by atoms with E-state index in [-0.39, 0.29) is 35.4 Å². The Morgan fingerprint density at radius 3 is 2.55 bits per heavy atom. The number of urea groups is 1. The standard InChI is InChI=1S/C26H32N4O3/c31-24-12-6-11-23-20-13-19(16-30(23)24)15-29(17-20)26(33)28-22(14-18-7-2-1-3-8-18)25(32)27-21-9-4-5-10-21/h1-3,6-8,11-12,19-22H,4-5,9-10,13-17H2,(H,27,32)(H,28,33)/t19-,20+,22-/m0/s1. The lowest BCUT2D eigenvalue weighted by molar-refractivity contribution is -0.123. The molecule has 2 aromatic rings. The van der Waals surface area contributed by atoms with Crippen molar-refractivity contribution in [3.8, 4) is 0 Å². The quantitative estimate of drug-likeness (QED) is 0.738. The van der Waals surface area contributed by atoms with Gasteiger partial charge in [-0.15, -0.1) is 0 Å². The molecule has 3 heterocycles. The summed E-state index contributed by atoms with van der Waals surface area (Å²) in [7, 11) is 0. The highest BCUT2D eigenvalue weighted by molar-refractivity contribution is 5.87. The van der Waals surface area contributed by atoms with Crippen LogP contribution in [0.25, 0.3) is 0 Å². The number of carbonyl (C=O) groups is 2. The molecule has 0 spiro atoms. The van der Waals surface area contributed by atoms with Crippen LogP contribution in [0.4, 0.5) is 4.79 Å². The minimum Gasteiger partial charge on any atom is -0.352 e. The van der Waals surface area contributed by atoms with E-state index in [0.717, 1.165) is 43.4 Å². The largest absolute Gasteiger partial charge is 0.352 e. The van der Waals surface area contributed by atoms with Gasteiger partial charge in [-0.25, -0.2) is 4.79 Å². The summed E-state index contributed by atoms with van der Waals surface area (Å²) in [6, 6.07) is 14.6. The minimum atomic E-state index is -0.614. The van der Waals surface area contributed by atoms with Crippen LogP contribution in [-0.2, 0) is 17.8 Å². The van der Waals surface area contributed by atoms with Crippen LogP contribution in [0.2, 0.25) is 0 Å². The Kier molecular flexibility index (Phi) is 6.20. The van der Waals surface area contributed by atoms with Crippen LogP contribution in [0, 0.1) is 5.92 Å². The number of rotatable bonds is 5. The number of fused-ring (bicyclic) bond motifs is 4. The van der Waals surface area contributed by atoms with Crippen molar-refractivity contribution >= 4 is 11.9 Å². The summed E-state index contributed by atoms with van der Waals surface area (Å²) in [5, 5.41) is 6.20. The van der Waals surface area contributed by atoms with Crippen molar-refractivity contribution in [1.82, 2.24) is 20.1 Å². The summed E-state index contributed by atoms with van der Waals surface area (Å²) in [6.07, 6.45) is 5.74. The third-order valence-electron chi connectivity index (χ3n) is 7.37. The molecule has 1 aliphatic carbocycles. The van der Waals surface area contributed by atoms with Crippen LogP contribution < -0.4 is 16.2 Å². The molecule has 5 rings (SSSR count). The SMILES string of the molecule is O=C(NC1CCCC1)[C@H](Cc1ccccc1)NC(=O)N1C[C@@H]2C[C@H](C1)c1cccc(=O)n1C2. The summed E-state index contributed by atoms with van der Waals surface area (Å²) in [5.41, 5.74) is 2.07. The van der Waals surface area contributed by atoms with E-state index in [0.29, 0.717) is 26.1 Å². The second-order valence-electron chi connectivity index (χ2n) is 9.78. The van der Waals surface area contributed by atoms with Crippen LogP contribution in [0.15, 0.2) is 53.3 Å². The predicted octanol–water partition coefficient (Wildman–Crippen LogP) is 2.65. The van der Waals surface area contributed by atoms with E-state index in [1.165, 1.54) is 0 Å². The van der Waals surface area contributed by atoms with E-state index in [9.17, 15) is 14.4 Å². The molecule has 2 bridgehead atoms. The number of likely N-dealkylation sites (tertiary alicyclic amines) is 1. The normalized spacial score (nSPS) is 23.0. The van der Waals surface area contributed by atoms with E-state index in [4.69, 9.17) is 0 Å². The van der Waals surface area contributed by atoms with Crippen molar-refractivity contribution in [2.45, 2.75) is 63.1 Å². The van der Waals surface area contributed by atoms with Crippen LogP contribution in [0.1, 0.15) is 49.3 Å². The van der Waals surface area contributed by atoms with Gasteiger partial charge in [0.2, 0.25) is 5.91 Å². The zero-order valence-electron chi connectivity index (χ0n) is 18.9. The number of nitrogens with one attached hydrogen (secondary N) is 2. The van der Waals surface area contributed by atoms with Crippen molar-refractivity contribution in [2.24, 2.45) is 5.92 Å². The number of amides is 3. The topological polar surface area (TPSA) is 83.4 Å². The Morgan fingerprint density at radius 2 is 1.76 bits per heavy atom. The molecule has 2 N–H and O–H groups in total. The van der Waals surface area contributed by atoms with E-state index >= 15 is 0 Å². The molecule has 1 saturated heterocycles. The summed E-state index contributed by atoms with van der Waals surface area (Å²) in [6.45, 7) is 1.81. The van der Waals surface area contributed by atoms with Crippen LogP contribution >= 0.6 is 0 Å². The van der Waals surface area contributed by atoms with Crippen molar-refractivity contribution in [2.75, 3.05) is 13.1 Å². The maximum atomic E-state index is 13.3. The van der Waals surface area contributed by atoms with Crippen molar-refractivity contribution in [3.63, 3.8) is 0 Å². The third-order valence-corrected chi connectivity index (χ3v) is 7.37. The van der Waals surface area contributed by atoms with E-state index in [1.807, 2.05) is 45.9 Å². The van der Waals surface area contributed by atoms with E-state index in [2.05, 4.69) is 10.6 Å². The molecule has 1 aromatic carbocycles. The molecule has 33 heavy (non-hydrogen) atoms. The molecule has 1 aromatic heterocycles. The van der Waals surface area contributed by atoms with E-state index in [1.54, 1.807) is 12.1 Å². The van der Waals surface area contributed by atoms with Gasteiger partial charge >= 0.3 is 6.03 Å². The number of nitrogens with zero attached hydrogens (tertiary/aromatic N) is 2. The summed E-state index contributed by atoms with van der Waals surface area (Å²) >= 11 is 0. The Morgan fingerprint density at radius 1 is 0.970 bits per heavy atom. The van der Waals surface area contributed by atoms with Crippen molar-refractivity contribution in [1.29, 1.82) is 0 Å². The molecule has 7 nitrogen and oxygen atoms in total. The molecule has 2 fully saturated rings. The third kappa shape index (κ3) is 4.82. The molecule has 2 aliphatic heterocycles. The van der Waals surface area contributed by atoms with E-state index < -0.39 is 6.04 Å². The maximum absolute atomic E-state index is 13.3. The fraction of sp³-hybridized carbons (Fsp3) is 0.500. The van der Waals surface area contributed by atoms with Gasteiger partial charge in [0.05, 0.1) is 0 Å². The maximum Gasteiger partial charge on any atom is 0.318 e. The number of benzene rings is 1. The first-order valence-corrected chi connectivity index (χ1v) is 12.2. The van der Waals surface area contributed by atoms with Gasteiger partial charge in [0.1, 0.15) is 6.04 Å². The zero-order valence-corrected chi connectivity index (χ0v) is 18.9. The highest BCUT2D eigenvalue weighted by atomic mass is 16.2. The molecular weight excluding hydrogens is 416 g/mol. The zero-order chi connectivity index (χ0) is 22.8. The Hall–Kier alpha value is -3.09. The van der Waals surface area contributed by atoms with Gasteiger partial charge in [0.25, 0.3) is 5.56 Å². The lowest BCUT2D eigenvalue weighted by Gasteiger charge is -2.43. The van der Waals surface area contributed by atoms with Crippen molar-refractivity contribution < 1.29 is 9.59 Å². The van der Waals surface area contributed by atoms with Crippen LogP contribution in [0.3, 0.4) is 0 Å². The number of hydrogen-bond donors (Lipinski definition) is 2. The first-order valence-electron chi connectivity index (χ1n) is 12.2. The molecular formula is C26H32N4O3. The second kappa shape index (κ2) is 9.41. The Labute approximate surface area is 194 Å². The summed E-state index contributed by atoms with van der Waals surface area (Å²) in [5.74, 6) is 0.298. The van der Waals surface area contributed by atoms with Gasteiger partial charge in [0, 0.05) is 49.8 Å². The lowest BCUT2D eigenvalue weighted by atomic mass is 9.83. The van der Waals surface area contributed by atoms with Gasteiger partial charge in [-0.1, -0.05) is 49.2 Å². The Bertz CT molecular complexity index is 1060. The van der Waals surface area contributed by atoms with Gasteiger partial charge in [0.15, 0.2) is 0 Å². The van der Waals surface area contributed by atoms with Crippen molar-refractivity contribution in [3.05, 3.63) is 70.1 Å². The van der Waals surface area contributed by atoms with Gasteiger partial charge in [-0.05, 0) is 36.8 Å². The number of piperidine rings is 1. The molecule has 0 unspecified atom stereocenters. The lowest BCUT2D eigenvalue weighted by Crippen LogP contribution is -2.57. The van der Waals surface area contributed by atoms with Gasteiger partial charge in [-0.3, -0.25) is 9.59 Å². The summed E-state index contributed by atoms with van der Waals surface area (Å²) < 4.78 is 1.86. The minimum absolute atomic E-state index is 0.0339. The Balaban J connectivity index is 1.29. The molecule has 174 valence electrons. The highest BCUT2D eigenvalue weighted by Crippen LogP contribution is 2.34. The molecule has 3 amide bonds. The summed E-state index contributed by atoms with van der Waals surface area (Å²) in [4.78, 5) is 40.6. The number of carbonyl (C=O) groups excluding carboxylic acids is 2. The first-order chi connectivity index (χ1) is 16.1. The average Bonchev–Trinajstić information content (AvgIpc) is 3.33. The molecule has 0 radical (unpaired) electrons. The fourth-order valence-corrected chi connectivity index (χ4v) is 5.73. The number of hydrogen-bond acceptors (Lipinski definition) is 3. The number of pyridine rings is 1. The molecule has 3 aliphatic rings.